The smallest absolute Gasteiger partial charge is 0.338 e. The van der Waals surface area contributed by atoms with Crippen molar-refractivity contribution in [1.29, 1.82) is 0 Å². The Balaban J connectivity index is 2.12. The largest absolute Gasteiger partial charge is 0.493 e. The van der Waals surface area contributed by atoms with Gasteiger partial charge in [-0.1, -0.05) is 12.1 Å². The Morgan fingerprint density at radius 2 is 1.64 bits per heavy atom. The number of allylic oxidation sites excluding steroid dienone is 1. The zero-order valence-electron chi connectivity index (χ0n) is 19.9. The van der Waals surface area contributed by atoms with Crippen LogP contribution in [-0.4, -0.2) is 45.6 Å². The van der Waals surface area contributed by atoms with Crippen molar-refractivity contribution < 1.29 is 23.7 Å². The second-order valence-corrected chi connectivity index (χ2v) is 8.19. The summed E-state index contributed by atoms with van der Waals surface area (Å²) in [6.07, 6.45) is 0. The number of ether oxygens (including phenoxy) is 4. The number of carbonyl (C=O) groups is 1. The SMILES string of the molecule is COCCOC(=O)C1=C(C)N(c2cc(C)cc(C)c2)C(=S)NC1c1ccc(OC)c(OC)c1. The lowest BCUT2D eigenvalue weighted by molar-refractivity contribution is -0.140. The number of rotatable bonds is 8. The second-order valence-electron chi connectivity index (χ2n) is 7.81. The number of methoxy groups -OCH3 is 3. The molecule has 0 spiro atoms. The van der Waals surface area contributed by atoms with Gasteiger partial charge < -0.3 is 24.3 Å². The van der Waals surface area contributed by atoms with Gasteiger partial charge in [-0.15, -0.1) is 0 Å². The number of hydrogen-bond acceptors (Lipinski definition) is 6. The van der Waals surface area contributed by atoms with Crippen LogP contribution < -0.4 is 19.7 Å². The van der Waals surface area contributed by atoms with Gasteiger partial charge >= 0.3 is 5.97 Å². The first-order chi connectivity index (χ1) is 15.8. The van der Waals surface area contributed by atoms with Crippen molar-refractivity contribution in [3.8, 4) is 11.5 Å². The molecular formula is C25H30N2O5S. The highest BCUT2D eigenvalue weighted by Crippen LogP contribution is 2.38. The Morgan fingerprint density at radius 1 is 0.970 bits per heavy atom. The predicted octanol–water partition coefficient (Wildman–Crippen LogP) is 4.22. The zero-order valence-corrected chi connectivity index (χ0v) is 20.7. The molecule has 0 aromatic heterocycles. The highest BCUT2D eigenvalue weighted by molar-refractivity contribution is 7.80. The van der Waals surface area contributed by atoms with Gasteiger partial charge in [-0.2, -0.15) is 0 Å². The van der Waals surface area contributed by atoms with Gasteiger partial charge in [-0.3, -0.25) is 4.90 Å². The van der Waals surface area contributed by atoms with Crippen LogP contribution in [-0.2, 0) is 14.3 Å². The minimum atomic E-state index is -0.519. The van der Waals surface area contributed by atoms with Gasteiger partial charge in [-0.05, 0) is 73.9 Å². The van der Waals surface area contributed by atoms with E-state index in [2.05, 4.69) is 11.4 Å². The van der Waals surface area contributed by atoms with Crippen molar-refractivity contribution >= 4 is 29.0 Å². The third-order valence-corrected chi connectivity index (χ3v) is 5.73. The molecular weight excluding hydrogens is 440 g/mol. The van der Waals surface area contributed by atoms with Gasteiger partial charge in [0.25, 0.3) is 0 Å². The van der Waals surface area contributed by atoms with Crippen molar-refractivity contribution in [2.24, 2.45) is 0 Å². The van der Waals surface area contributed by atoms with Crippen molar-refractivity contribution in [2.45, 2.75) is 26.8 Å². The molecule has 1 atom stereocenters. The van der Waals surface area contributed by atoms with Crippen LogP contribution in [0.15, 0.2) is 47.7 Å². The highest BCUT2D eigenvalue weighted by Gasteiger charge is 2.36. The average Bonchev–Trinajstić information content (AvgIpc) is 2.77. The van der Waals surface area contributed by atoms with Crippen LogP contribution in [0.1, 0.15) is 29.7 Å². The summed E-state index contributed by atoms with van der Waals surface area (Å²) in [6, 6.07) is 11.2. The van der Waals surface area contributed by atoms with Crippen molar-refractivity contribution in [3.63, 3.8) is 0 Å². The van der Waals surface area contributed by atoms with E-state index < -0.39 is 12.0 Å². The molecule has 2 aromatic rings. The molecule has 1 N–H and O–H groups in total. The van der Waals surface area contributed by atoms with Crippen LogP contribution in [0.3, 0.4) is 0 Å². The number of thiocarbonyl (C=S) groups is 1. The van der Waals surface area contributed by atoms with E-state index >= 15 is 0 Å². The molecule has 8 heteroatoms. The van der Waals surface area contributed by atoms with Gasteiger partial charge in [-0.25, -0.2) is 4.79 Å². The fourth-order valence-electron chi connectivity index (χ4n) is 3.98. The molecule has 0 saturated heterocycles. The molecule has 0 bridgehead atoms. The summed E-state index contributed by atoms with van der Waals surface area (Å²) in [5, 5.41) is 3.82. The molecule has 1 unspecified atom stereocenters. The van der Waals surface area contributed by atoms with Gasteiger partial charge in [0, 0.05) is 18.5 Å². The molecule has 0 saturated carbocycles. The topological polar surface area (TPSA) is 69.3 Å². The second kappa shape index (κ2) is 10.7. The van der Waals surface area contributed by atoms with E-state index in [1.807, 2.05) is 49.9 Å². The van der Waals surface area contributed by atoms with Crippen LogP contribution >= 0.6 is 12.2 Å². The van der Waals surface area contributed by atoms with E-state index in [1.165, 1.54) is 0 Å². The van der Waals surface area contributed by atoms with E-state index in [0.29, 0.717) is 34.5 Å². The lowest BCUT2D eigenvalue weighted by Gasteiger charge is -2.38. The summed E-state index contributed by atoms with van der Waals surface area (Å²) in [7, 11) is 4.71. The Labute approximate surface area is 200 Å². The molecule has 0 radical (unpaired) electrons. The Kier molecular flexibility index (Phi) is 7.94. The molecule has 1 aliphatic rings. The quantitative estimate of drug-likeness (QED) is 0.349. The lowest BCUT2D eigenvalue weighted by Crippen LogP contribution is -2.48. The minimum Gasteiger partial charge on any atom is -0.493 e. The van der Waals surface area contributed by atoms with Crippen LogP contribution in [0.5, 0.6) is 11.5 Å². The summed E-state index contributed by atoms with van der Waals surface area (Å²) >= 11 is 5.76. The fraction of sp³-hybridized carbons (Fsp3) is 0.360. The maximum atomic E-state index is 13.3. The van der Waals surface area contributed by atoms with Crippen LogP contribution in [0.2, 0.25) is 0 Å². The van der Waals surface area contributed by atoms with E-state index in [4.69, 9.17) is 31.2 Å². The minimum absolute atomic E-state index is 0.152. The third kappa shape index (κ3) is 5.29. The number of nitrogens with one attached hydrogen (secondary N) is 1. The monoisotopic (exact) mass is 470 g/mol. The van der Waals surface area contributed by atoms with Gasteiger partial charge in [0.1, 0.15) is 6.61 Å². The first kappa shape index (κ1) is 24.5. The predicted molar refractivity (Wildman–Crippen MR) is 132 cm³/mol. The Hall–Kier alpha value is -3.10. The number of benzene rings is 2. The number of carbonyl (C=O) groups excluding carboxylic acids is 1. The number of anilines is 1. The molecule has 0 amide bonds. The zero-order chi connectivity index (χ0) is 24.1. The average molecular weight is 471 g/mol. The molecule has 0 aliphatic carbocycles. The first-order valence-electron chi connectivity index (χ1n) is 10.6. The van der Waals surface area contributed by atoms with Gasteiger partial charge in [0.05, 0.1) is 32.4 Å². The molecule has 3 rings (SSSR count). The lowest BCUT2D eigenvalue weighted by atomic mass is 9.94. The summed E-state index contributed by atoms with van der Waals surface area (Å²) in [4.78, 5) is 15.1. The van der Waals surface area contributed by atoms with E-state index in [0.717, 1.165) is 22.4 Å². The van der Waals surface area contributed by atoms with Crippen molar-refractivity contribution in [3.05, 3.63) is 64.4 Å². The van der Waals surface area contributed by atoms with Gasteiger partial charge in [0.2, 0.25) is 0 Å². The number of hydrogen-bond donors (Lipinski definition) is 1. The molecule has 33 heavy (non-hydrogen) atoms. The maximum absolute atomic E-state index is 13.3. The Morgan fingerprint density at radius 3 is 2.24 bits per heavy atom. The molecule has 0 fully saturated rings. The Bertz CT molecular complexity index is 1060. The van der Waals surface area contributed by atoms with E-state index in [9.17, 15) is 4.79 Å². The van der Waals surface area contributed by atoms with Crippen molar-refractivity contribution in [1.82, 2.24) is 5.32 Å². The number of esters is 1. The number of aryl methyl sites for hydroxylation is 2. The summed E-state index contributed by atoms with van der Waals surface area (Å²) in [5.41, 5.74) is 5.05. The van der Waals surface area contributed by atoms with E-state index in [1.54, 1.807) is 27.4 Å². The number of nitrogens with zero attached hydrogens (tertiary/aromatic N) is 1. The van der Waals surface area contributed by atoms with Crippen LogP contribution in [0.4, 0.5) is 5.69 Å². The molecule has 7 nitrogen and oxygen atoms in total. The normalized spacial score (nSPS) is 15.9. The third-order valence-electron chi connectivity index (χ3n) is 5.43. The van der Waals surface area contributed by atoms with Gasteiger partial charge in [0.15, 0.2) is 16.6 Å². The fourth-order valence-corrected chi connectivity index (χ4v) is 4.34. The molecule has 2 aromatic carbocycles. The van der Waals surface area contributed by atoms with Crippen LogP contribution in [0, 0.1) is 13.8 Å². The molecule has 1 heterocycles. The van der Waals surface area contributed by atoms with Crippen molar-refractivity contribution in [2.75, 3.05) is 39.4 Å². The highest BCUT2D eigenvalue weighted by atomic mass is 32.1. The summed E-state index contributed by atoms with van der Waals surface area (Å²) in [5.74, 6) is 0.722. The molecule has 1 aliphatic heterocycles. The van der Waals surface area contributed by atoms with Crippen LogP contribution in [0.25, 0.3) is 0 Å². The standard InChI is InChI=1S/C25H30N2O5S/c1-15-11-16(2)13-19(12-15)27-17(3)22(24(28)32-10-9-29-4)23(26-25(27)33)18-7-8-20(30-5)21(14-18)31-6/h7-8,11-14,23H,9-10H2,1-6H3,(H,26,33). The summed E-state index contributed by atoms with van der Waals surface area (Å²) in [6.45, 7) is 6.40. The summed E-state index contributed by atoms with van der Waals surface area (Å²) < 4.78 is 21.4. The molecule has 176 valence electrons. The van der Waals surface area contributed by atoms with E-state index in [-0.39, 0.29) is 6.61 Å². The maximum Gasteiger partial charge on any atom is 0.338 e. The first-order valence-corrected chi connectivity index (χ1v) is 11.0.